The van der Waals surface area contributed by atoms with Gasteiger partial charge in [-0.05, 0) is 59.9 Å². The van der Waals surface area contributed by atoms with Gasteiger partial charge in [0.25, 0.3) is 0 Å². The summed E-state index contributed by atoms with van der Waals surface area (Å²) in [5.41, 5.74) is 2.84. The Morgan fingerprint density at radius 1 is 1.06 bits per heavy atom. The molecule has 6 rings (SSSR count). The van der Waals surface area contributed by atoms with Crippen molar-refractivity contribution < 1.29 is 19.0 Å². The smallest absolute Gasteiger partial charge is 0.200 e. The van der Waals surface area contributed by atoms with Gasteiger partial charge in [-0.3, -0.25) is 9.69 Å². The van der Waals surface area contributed by atoms with E-state index in [1.807, 2.05) is 18.2 Å². The molecule has 2 bridgehead atoms. The summed E-state index contributed by atoms with van der Waals surface area (Å²) >= 11 is 0. The van der Waals surface area contributed by atoms with Crippen LogP contribution in [0.5, 0.6) is 17.2 Å². The van der Waals surface area contributed by atoms with E-state index in [9.17, 15) is 9.90 Å². The zero-order valence-corrected chi connectivity index (χ0v) is 20.0. The van der Waals surface area contributed by atoms with Gasteiger partial charge in [0.1, 0.15) is 30.8 Å². The number of aromatic hydroxyl groups is 1. The van der Waals surface area contributed by atoms with Crippen LogP contribution in [0.2, 0.25) is 0 Å². The van der Waals surface area contributed by atoms with E-state index in [-0.39, 0.29) is 11.2 Å². The fourth-order valence-corrected chi connectivity index (χ4v) is 6.77. The molecule has 34 heavy (non-hydrogen) atoms. The van der Waals surface area contributed by atoms with E-state index in [1.165, 1.54) is 19.1 Å². The molecule has 2 aromatic carbocycles. The van der Waals surface area contributed by atoms with Crippen LogP contribution in [0.25, 0.3) is 22.1 Å². The van der Waals surface area contributed by atoms with E-state index < -0.39 is 0 Å². The molecule has 6 nitrogen and oxygen atoms in total. The number of rotatable bonds is 3. The Morgan fingerprint density at radius 2 is 1.85 bits per heavy atom. The van der Waals surface area contributed by atoms with Gasteiger partial charge in [-0.1, -0.05) is 26.8 Å². The van der Waals surface area contributed by atoms with Gasteiger partial charge in [-0.2, -0.15) is 0 Å². The molecular weight excluding hydrogens is 430 g/mol. The largest absolute Gasteiger partial charge is 0.507 e. The summed E-state index contributed by atoms with van der Waals surface area (Å²) in [5, 5.41) is 11.2. The predicted molar refractivity (Wildman–Crippen MR) is 131 cm³/mol. The highest BCUT2D eigenvalue weighted by Crippen LogP contribution is 2.53. The van der Waals surface area contributed by atoms with Gasteiger partial charge >= 0.3 is 0 Å². The normalized spacial score (nSPS) is 25.6. The van der Waals surface area contributed by atoms with Gasteiger partial charge in [0, 0.05) is 19.1 Å². The minimum Gasteiger partial charge on any atom is -0.507 e. The molecule has 1 saturated heterocycles. The lowest BCUT2D eigenvalue weighted by molar-refractivity contribution is 0.126. The van der Waals surface area contributed by atoms with Crippen molar-refractivity contribution in [3.8, 4) is 28.4 Å². The van der Waals surface area contributed by atoms with Crippen molar-refractivity contribution in [3.63, 3.8) is 0 Å². The van der Waals surface area contributed by atoms with Crippen molar-refractivity contribution in [3.05, 3.63) is 52.4 Å². The zero-order chi connectivity index (χ0) is 23.7. The Morgan fingerprint density at radius 3 is 2.68 bits per heavy atom. The van der Waals surface area contributed by atoms with Crippen LogP contribution < -0.4 is 14.9 Å². The zero-order valence-electron chi connectivity index (χ0n) is 20.0. The summed E-state index contributed by atoms with van der Waals surface area (Å²) in [7, 11) is 0. The molecule has 2 fully saturated rings. The fraction of sp³-hybridized carbons (Fsp3) is 0.464. The number of benzene rings is 2. The number of ether oxygens (including phenoxy) is 2. The van der Waals surface area contributed by atoms with Crippen LogP contribution in [-0.4, -0.2) is 35.8 Å². The molecule has 0 amide bonds. The lowest BCUT2D eigenvalue weighted by Gasteiger charge is -2.40. The minimum absolute atomic E-state index is 0.118. The van der Waals surface area contributed by atoms with E-state index in [1.54, 1.807) is 12.1 Å². The van der Waals surface area contributed by atoms with Gasteiger partial charge in [0.15, 0.2) is 11.5 Å². The monoisotopic (exact) mass is 461 g/mol. The standard InChI is InChI=1S/C28H31NO5/c1-27(2)11-18-12-28(3,15-27)16-29(18)13-20-22(30)6-5-19-25(31)21(14-34-26(19)20)17-4-7-23-24(10-17)33-9-8-32-23/h4-7,10,14,18,30H,8-9,11-13,15-16H2,1-3H3/t18-,28+/m0/s1. The van der Waals surface area contributed by atoms with Gasteiger partial charge in [-0.15, -0.1) is 0 Å². The van der Waals surface area contributed by atoms with Crippen LogP contribution in [-0.2, 0) is 6.54 Å². The van der Waals surface area contributed by atoms with Crippen LogP contribution in [0.15, 0.2) is 45.8 Å². The fourth-order valence-electron chi connectivity index (χ4n) is 6.77. The van der Waals surface area contributed by atoms with Crippen LogP contribution in [0.1, 0.15) is 45.6 Å². The topological polar surface area (TPSA) is 72.1 Å². The summed E-state index contributed by atoms with van der Waals surface area (Å²) in [6, 6.07) is 9.25. The molecule has 0 radical (unpaired) electrons. The van der Waals surface area contributed by atoms with E-state index in [4.69, 9.17) is 13.9 Å². The van der Waals surface area contributed by atoms with Crippen LogP contribution in [0.3, 0.4) is 0 Å². The first-order valence-corrected chi connectivity index (χ1v) is 12.1. The van der Waals surface area contributed by atoms with Gasteiger partial charge in [0.05, 0.1) is 16.5 Å². The Balaban J connectivity index is 1.38. The molecule has 1 aromatic heterocycles. The lowest BCUT2D eigenvalue weighted by Crippen LogP contribution is -2.34. The molecule has 178 valence electrons. The van der Waals surface area contributed by atoms with Gasteiger partial charge in [-0.25, -0.2) is 0 Å². The van der Waals surface area contributed by atoms with Crippen molar-refractivity contribution in [1.29, 1.82) is 0 Å². The highest BCUT2D eigenvalue weighted by atomic mass is 16.6. The maximum absolute atomic E-state index is 13.5. The maximum atomic E-state index is 13.5. The van der Waals surface area contributed by atoms with Gasteiger partial charge in [0.2, 0.25) is 5.43 Å². The molecular formula is C28H31NO5. The van der Waals surface area contributed by atoms with E-state index in [0.29, 0.717) is 70.2 Å². The lowest BCUT2D eigenvalue weighted by atomic mass is 9.65. The third kappa shape index (κ3) is 3.56. The average Bonchev–Trinajstić information content (AvgIpc) is 3.03. The molecule has 2 atom stereocenters. The Kier molecular flexibility index (Phi) is 4.75. The van der Waals surface area contributed by atoms with E-state index in [0.717, 1.165) is 18.5 Å². The summed E-state index contributed by atoms with van der Waals surface area (Å²) < 4.78 is 17.3. The quantitative estimate of drug-likeness (QED) is 0.568. The van der Waals surface area contributed by atoms with Gasteiger partial charge < -0.3 is 19.0 Å². The summed E-state index contributed by atoms with van der Waals surface area (Å²) in [6.07, 6.45) is 5.04. The Bertz CT molecular complexity index is 1340. The number of phenols is 1. The van der Waals surface area contributed by atoms with Crippen molar-refractivity contribution in [2.45, 2.75) is 52.6 Å². The molecule has 6 heteroatoms. The molecule has 1 aliphatic carbocycles. The summed E-state index contributed by atoms with van der Waals surface area (Å²) in [6.45, 7) is 9.67. The first-order valence-electron chi connectivity index (χ1n) is 12.1. The molecule has 2 aliphatic heterocycles. The molecule has 0 unspecified atom stereocenters. The highest BCUT2D eigenvalue weighted by Gasteiger charge is 2.49. The third-order valence-electron chi connectivity index (χ3n) is 7.76. The number of phenolic OH excluding ortho intramolecular Hbond substituents is 1. The number of nitrogens with zero attached hydrogens (tertiary/aromatic N) is 1. The molecule has 3 heterocycles. The Labute approximate surface area is 199 Å². The number of hydrogen-bond donors (Lipinski definition) is 1. The molecule has 3 aliphatic rings. The maximum Gasteiger partial charge on any atom is 0.200 e. The first-order chi connectivity index (χ1) is 16.2. The number of fused-ring (bicyclic) bond motifs is 4. The Hall–Kier alpha value is -2.99. The predicted octanol–water partition coefficient (Wildman–Crippen LogP) is 5.34. The highest BCUT2D eigenvalue weighted by molar-refractivity contribution is 5.86. The average molecular weight is 462 g/mol. The second kappa shape index (κ2) is 7.51. The van der Waals surface area contributed by atoms with Crippen LogP contribution >= 0.6 is 0 Å². The van der Waals surface area contributed by atoms with E-state index in [2.05, 4.69) is 25.7 Å². The molecule has 1 N–H and O–H groups in total. The van der Waals surface area contributed by atoms with Crippen molar-refractivity contribution in [2.24, 2.45) is 10.8 Å². The molecule has 1 saturated carbocycles. The summed E-state index contributed by atoms with van der Waals surface area (Å²) in [4.78, 5) is 16.0. The minimum atomic E-state index is -0.118. The van der Waals surface area contributed by atoms with Crippen LogP contribution in [0.4, 0.5) is 0 Å². The second-order valence-corrected chi connectivity index (χ2v) is 11.4. The third-order valence-corrected chi connectivity index (χ3v) is 7.76. The van der Waals surface area contributed by atoms with Crippen LogP contribution in [0, 0.1) is 10.8 Å². The van der Waals surface area contributed by atoms with Crippen molar-refractivity contribution >= 4 is 11.0 Å². The van der Waals surface area contributed by atoms with E-state index >= 15 is 0 Å². The molecule has 0 spiro atoms. The summed E-state index contributed by atoms with van der Waals surface area (Å²) in [5.74, 6) is 1.49. The van der Waals surface area contributed by atoms with Crippen molar-refractivity contribution in [1.82, 2.24) is 4.90 Å². The first kappa shape index (κ1) is 21.5. The number of likely N-dealkylation sites (tertiary alicyclic amines) is 1. The number of hydrogen-bond acceptors (Lipinski definition) is 6. The SMILES string of the molecule is CC1(C)C[C@H]2C[C@@](C)(CN2Cc2c(O)ccc3c(=O)c(-c4ccc5c(c4)OCCO5)coc23)C1. The van der Waals surface area contributed by atoms with Crippen molar-refractivity contribution in [2.75, 3.05) is 19.8 Å². The molecule has 3 aromatic rings. The second-order valence-electron chi connectivity index (χ2n) is 11.4.